The number of amides is 3. The first-order chi connectivity index (χ1) is 30.7. The Morgan fingerprint density at radius 1 is 1.02 bits per heavy atom. The standard InChI is InChI=1S/C48H75N9O7S/c1-12-32(6)42(52-44(60)39-18-14-15-23-55(39)10)46(61)57(24-16-13-17-36-28-56(11)54-53-36)40(30(2)3)26-41(64-33(7)58)45-51-38(29-65-45)43(59)50-37(27-48(8,9)47(62)63)25-34-19-21-35(22-20-34)49-31(4)5/h19-22,28-32,37,39-42,49H,12-18,23-27H2,1-11H3,(H,50,59)(H,52,60)(H,62,63)/t32-,37-,39+,40+,41+,42-/m0/s1. The molecule has 0 bridgehead atoms. The number of likely N-dealkylation sites (tertiary alicyclic amines) is 1. The van der Waals surface area contributed by atoms with Crippen molar-refractivity contribution in [2.45, 2.75) is 163 Å². The molecule has 6 atom stereocenters. The maximum atomic E-state index is 15.1. The number of aromatic nitrogens is 4. The first kappa shape index (κ1) is 52.7. The number of likely N-dealkylation sites (N-methyl/N-ethyl adjacent to an activating group) is 1. The highest BCUT2D eigenvalue weighted by atomic mass is 32.1. The summed E-state index contributed by atoms with van der Waals surface area (Å²) in [7, 11) is 3.78. The number of carbonyl (C=O) groups is 5. The Hall–Kier alpha value is -4.90. The molecule has 65 heavy (non-hydrogen) atoms. The lowest BCUT2D eigenvalue weighted by Crippen LogP contribution is -2.59. The molecule has 3 aromatic rings. The van der Waals surface area contributed by atoms with Crippen LogP contribution in [0, 0.1) is 17.3 Å². The van der Waals surface area contributed by atoms with Crippen LogP contribution in [0.25, 0.3) is 0 Å². The van der Waals surface area contributed by atoms with Crippen LogP contribution in [0.1, 0.15) is 147 Å². The molecule has 1 aromatic carbocycles. The fourth-order valence-electron chi connectivity index (χ4n) is 8.47. The molecule has 4 rings (SSSR count). The summed E-state index contributed by atoms with van der Waals surface area (Å²) in [6.07, 6.45) is 7.19. The highest BCUT2D eigenvalue weighted by Gasteiger charge is 2.39. The van der Waals surface area contributed by atoms with Gasteiger partial charge in [-0.1, -0.05) is 57.9 Å². The van der Waals surface area contributed by atoms with Crippen molar-refractivity contribution in [1.82, 2.24) is 40.4 Å². The zero-order chi connectivity index (χ0) is 48.0. The molecule has 0 saturated carbocycles. The lowest BCUT2D eigenvalue weighted by atomic mass is 9.84. The van der Waals surface area contributed by atoms with E-state index in [-0.39, 0.29) is 54.3 Å². The Morgan fingerprint density at radius 2 is 1.72 bits per heavy atom. The van der Waals surface area contributed by atoms with Crippen LogP contribution < -0.4 is 16.0 Å². The number of ether oxygens (including phenoxy) is 1. The zero-order valence-corrected chi connectivity index (χ0v) is 41.4. The molecular weight excluding hydrogens is 847 g/mol. The van der Waals surface area contributed by atoms with Gasteiger partial charge in [-0.25, -0.2) is 4.98 Å². The minimum Gasteiger partial charge on any atom is -0.481 e. The third kappa shape index (κ3) is 15.9. The average Bonchev–Trinajstić information content (AvgIpc) is 3.91. The maximum Gasteiger partial charge on any atom is 0.309 e. The lowest BCUT2D eigenvalue weighted by molar-refractivity contribution is -0.150. The Morgan fingerprint density at radius 3 is 2.31 bits per heavy atom. The normalized spacial score (nSPS) is 16.9. The van der Waals surface area contributed by atoms with Crippen molar-refractivity contribution in [3.05, 3.63) is 57.8 Å². The first-order valence-electron chi connectivity index (χ1n) is 23.4. The van der Waals surface area contributed by atoms with Crippen molar-refractivity contribution in [3.63, 3.8) is 0 Å². The van der Waals surface area contributed by atoms with Crippen LogP contribution >= 0.6 is 11.3 Å². The Bertz CT molecular complexity index is 2020. The molecule has 0 aliphatic carbocycles. The number of nitrogens with one attached hydrogen (secondary N) is 3. The number of anilines is 1. The quantitative estimate of drug-likeness (QED) is 0.0512. The van der Waals surface area contributed by atoms with E-state index in [0.717, 1.165) is 49.2 Å². The van der Waals surface area contributed by atoms with E-state index in [2.05, 4.69) is 45.0 Å². The summed E-state index contributed by atoms with van der Waals surface area (Å²) in [6.45, 7) is 18.0. The highest BCUT2D eigenvalue weighted by Crippen LogP contribution is 2.32. The van der Waals surface area contributed by atoms with Crippen molar-refractivity contribution in [2.24, 2.45) is 24.3 Å². The number of unbranched alkanes of at least 4 members (excludes halogenated alkanes) is 1. The number of nitrogens with zero attached hydrogens (tertiary/aromatic N) is 6. The number of piperidine rings is 1. The molecule has 4 N–H and O–H groups in total. The van der Waals surface area contributed by atoms with E-state index in [1.807, 2.05) is 77.2 Å². The molecule has 360 valence electrons. The number of aryl methyl sites for hydroxylation is 2. The number of hydrogen-bond acceptors (Lipinski definition) is 12. The van der Waals surface area contributed by atoms with Crippen LogP contribution in [0.3, 0.4) is 0 Å². The number of carbonyl (C=O) groups excluding carboxylic acids is 4. The number of rotatable bonds is 25. The molecule has 1 saturated heterocycles. The van der Waals surface area contributed by atoms with Crippen LogP contribution in [-0.4, -0.2) is 115 Å². The van der Waals surface area contributed by atoms with Gasteiger partial charge in [-0.2, -0.15) is 0 Å². The summed E-state index contributed by atoms with van der Waals surface area (Å²) >= 11 is 1.19. The number of aliphatic carboxylic acids is 1. The van der Waals surface area contributed by atoms with Crippen molar-refractivity contribution < 1.29 is 33.8 Å². The summed E-state index contributed by atoms with van der Waals surface area (Å²) in [5.41, 5.74) is 1.74. The number of carboxylic acid groups (broad SMARTS) is 1. The van der Waals surface area contributed by atoms with Gasteiger partial charge in [0.05, 0.1) is 17.2 Å². The molecule has 0 radical (unpaired) electrons. The fraction of sp³-hybridized carbons (Fsp3) is 0.667. The molecule has 1 aliphatic heterocycles. The van der Waals surface area contributed by atoms with Gasteiger partial charge in [0.1, 0.15) is 16.7 Å². The molecule has 1 aliphatic rings. The maximum absolute atomic E-state index is 15.1. The van der Waals surface area contributed by atoms with E-state index in [0.29, 0.717) is 37.2 Å². The molecule has 2 aromatic heterocycles. The third-order valence-corrected chi connectivity index (χ3v) is 13.3. The second-order valence-corrected chi connectivity index (χ2v) is 20.1. The van der Waals surface area contributed by atoms with Gasteiger partial charge in [0.25, 0.3) is 5.91 Å². The van der Waals surface area contributed by atoms with Gasteiger partial charge < -0.3 is 30.7 Å². The monoisotopic (exact) mass is 922 g/mol. The summed E-state index contributed by atoms with van der Waals surface area (Å²) < 4.78 is 7.64. The summed E-state index contributed by atoms with van der Waals surface area (Å²) in [5.74, 6) is -2.59. The second-order valence-electron chi connectivity index (χ2n) is 19.2. The molecular formula is C48H75N9O7S. The molecule has 3 amide bonds. The van der Waals surface area contributed by atoms with E-state index < -0.39 is 47.5 Å². The minimum atomic E-state index is -1.13. The third-order valence-electron chi connectivity index (χ3n) is 12.4. The number of thiazole rings is 1. The lowest BCUT2D eigenvalue weighted by Gasteiger charge is -2.40. The van der Waals surface area contributed by atoms with Gasteiger partial charge in [-0.3, -0.25) is 33.6 Å². The van der Waals surface area contributed by atoms with Gasteiger partial charge in [0.15, 0.2) is 6.10 Å². The summed E-state index contributed by atoms with van der Waals surface area (Å²) in [5, 5.41) is 29.9. The molecule has 16 nitrogen and oxygen atoms in total. The number of benzene rings is 1. The predicted octanol–water partition coefficient (Wildman–Crippen LogP) is 6.82. The van der Waals surface area contributed by atoms with Gasteiger partial charge in [0, 0.05) is 62.3 Å². The number of esters is 1. The SMILES string of the molecule is CC[C@H](C)[C@H](NC(=O)[C@H]1CCCCN1C)C(=O)N(CCCCc1cn(C)nn1)[C@H](C[C@@H](OC(C)=O)c1nc(C(=O)N[C@@H](Cc2ccc(NC(C)C)cc2)CC(C)(C)C(=O)O)cs1)C(C)C. The van der Waals surface area contributed by atoms with Crippen molar-refractivity contribution in [2.75, 3.05) is 25.5 Å². The van der Waals surface area contributed by atoms with Gasteiger partial charge in [0.2, 0.25) is 11.8 Å². The van der Waals surface area contributed by atoms with E-state index in [1.165, 1.54) is 18.3 Å². The van der Waals surface area contributed by atoms with Crippen molar-refractivity contribution in [3.8, 4) is 0 Å². The smallest absolute Gasteiger partial charge is 0.309 e. The summed E-state index contributed by atoms with van der Waals surface area (Å²) in [4.78, 5) is 76.6. The molecule has 3 heterocycles. The number of hydrogen-bond donors (Lipinski definition) is 4. The van der Waals surface area contributed by atoms with Crippen LogP contribution in [0.4, 0.5) is 5.69 Å². The fourth-order valence-corrected chi connectivity index (χ4v) is 9.30. The molecule has 0 spiro atoms. The van der Waals surface area contributed by atoms with Gasteiger partial charge >= 0.3 is 11.9 Å². The van der Waals surface area contributed by atoms with E-state index in [1.54, 1.807) is 23.9 Å². The Kier molecular flexibility index (Phi) is 19.9. The number of carboxylic acids is 1. The molecule has 17 heteroatoms. The Balaban J connectivity index is 1.63. The van der Waals surface area contributed by atoms with Gasteiger partial charge in [-0.15, -0.1) is 16.4 Å². The van der Waals surface area contributed by atoms with Crippen LogP contribution in [0.5, 0.6) is 0 Å². The highest BCUT2D eigenvalue weighted by molar-refractivity contribution is 7.09. The molecule has 1 fully saturated rings. The first-order valence-corrected chi connectivity index (χ1v) is 24.3. The van der Waals surface area contributed by atoms with E-state index >= 15 is 4.79 Å². The minimum absolute atomic E-state index is 0.106. The largest absolute Gasteiger partial charge is 0.481 e. The van der Waals surface area contributed by atoms with Crippen LogP contribution in [-0.2, 0) is 43.8 Å². The topological polar surface area (TPSA) is 201 Å². The predicted molar refractivity (Wildman–Crippen MR) is 253 cm³/mol. The van der Waals surface area contributed by atoms with Crippen molar-refractivity contribution in [1.29, 1.82) is 0 Å². The second kappa shape index (κ2) is 24.6. The van der Waals surface area contributed by atoms with Crippen LogP contribution in [0.2, 0.25) is 0 Å². The van der Waals surface area contributed by atoms with E-state index in [4.69, 9.17) is 9.72 Å². The zero-order valence-electron chi connectivity index (χ0n) is 40.6. The molecule has 0 unspecified atom stereocenters. The Labute approximate surface area is 390 Å². The average molecular weight is 922 g/mol. The van der Waals surface area contributed by atoms with E-state index in [9.17, 15) is 24.3 Å². The van der Waals surface area contributed by atoms with Gasteiger partial charge in [-0.05, 0) is 116 Å². The van der Waals surface area contributed by atoms with Crippen LogP contribution in [0.15, 0.2) is 35.8 Å². The summed E-state index contributed by atoms with van der Waals surface area (Å²) in [6, 6.07) is 6.04. The van der Waals surface area contributed by atoms with Crippen molar-refractivity contribution >= 4 is 46.7 Å².